The van der Waals surface area contributed by atoms with Crippen molar-refractivity contribution in [2.45, 2.75) is 77.7 Å². The molecule has 1 unspecified atom stereocenters. The summed E-state index contributed by atoms with van der Waals surface area (Å²) in [6, 6.07) is 0.246. The Bertz CT molecular complexity index is 1340. The van der Waals surface area contributed by atoms with Crippen molar-refractivity contribution >= 4 is 28.6 Å². The number of anilines is 2. The molecule has 0 aromatic carbocycles. The summed E-state index contributed by atoms with van der Waals surface area (Å²) in [5.41, 5.74) is 2.49. The average Bonchev–Trinajstić information content (AvgIpc) is 3.39. The molecular formula is C27H38N8O2. The molecule has 0 saturated heterocycles. The molecule has 3 aliphatic carbocycles. The minimum Gasteiger partial charge on any atom is -0.365 e. The summed E-state index contributed by atoms with van der Waals surface area (Å²) in [5, 5.41) is 7.54. The zero-order valence-electron chi connectivity index (χ0n) is 22.2. The zero-order valence-corrected chi connectivity index (χ0v) is 22.2. The van der Waals surface area contributed by atoms with Gasteiger partial charge in [-0.1, -0.05) is 37.9 Å². The lowest BCUT2D eigenvalue weighted by Gasteiger charge is -2.33. The van der Waals surface area contributed by atoms with Crippen LogP contribution in [0.2, 0.25) is 0 Å². The maximum absolute atomic E-state index is 11.7. The number of aromatic amines is 1. The summed E-state index contributed by atoms with van der Waals surface area (Å²) in [7, 11) is 2.11. The van der Waals surface area contributed by atoms with E-state index >= 15 is 0 Å². The Morgan fingerprint density at radius 3 is 2.54 bits per heavy atom. The van der Waals surface area contributed by atoms with Gasteiger partial charge in [0.1, 0.15) is 5.52 Å². The first-order chi connectivity index (χ1) is 17.9. The minimum atomic E-state index is -0.633. The molecule has 0 amide bonds. The van der Waals surface area contributed by atoms with Crippen LogP contribution in [-0.4, -0.2) is 49.3 Å². The number of hydrogen-bond donors (Lipinski definition) is 2. The standard InChI is InChI=1S/C27H38N8O2/c1-15-8-12-20(13-9-15)17(3)35-21-22(28-16(2)19-6-5-7-19)29-24(25-32-27(36)37-33-25)30-23(21)31-26(35)34(4)14-18-10-11-18/h15-16,18-20H,3,5-14H2,1-2,4H3,(H,28,29,30)(H,32,33,36). The van der Waals surface area contributed by atoms with Gasteiger partial charge in [0.15, 0.2) is 11.5 Å². The minimum absolute atomic E-state index is 0.203. The summed E-state index contributed by atoms with van der Waals surface area (Å²) in [4.78, 5) is 31.2. The van der Waals surface area contributed by atoms with Crippen molar-refractivity contribution in [3.63, 3.8) is 0 Å². The SMILES string of the molecule is C=C(C1CCC(C)CC1)n1c(N(C)CC2CC2)nc2nc(-c3noc(=O)[nH]3)nc(NC(C)C3CCC3)c21. The largest absolute Gasteiger partial charge is 0.439 e. The number of nitrogens with one attached hydrogen (secondary N) is 2. The number of hydrogen-bond acceptors (Lipinski definition) is 8. The molecule has 3 aromatic heterocycles. The third-order valence-electron chi connectivity index (χ3n) is 8.71. The van der Waals surface area contributed by atoms with E-state index in [1.54, 1.807) is 0 Å². The molecule has 0 radical (unpaired) electrons. The summed E-state index contributed by atoms with van der Waals surface area (Å²) in [6.45, 7) is 10.2. The Morgan fingerprint density at radius 2 is 1.92 bits per heavy atom. The Balaban J connectivity index is 1.49. The van der Waals surface area contributed by atoms with Crippen molar-refractivity contribution in [3.05, 3.63) is 17.1 Å². The smallest absolute Gasteiger partial charge is 0.365 e. The molecule has 0 bridgehead atoms. The van der Waals surface area contributed by atoms with Gasteiger partial charge in [-0.3, -0.25) is 14.1 Å². The van der Waals surface area contributed by atoms with Gasteiger partial charge in [0.25, 0.3) is 0 Å². The molecule has 3 heterocycles. The Hall–Kier alpha value is -3.17. The van der Waals surface area contributed by atoms with E-state index in [9.17, 15) is 4.79 Å². The van der Waals surface area contributed by atoms with Gasteiger partial charge in [0.05, 0.1) is 0 Å². The third-order valence-corrected chi connectivity index (χ3v) is 8.71. The Kier molecular flexibility index (Phi) is 6.28. The number of H-pyrrole nitrogens is 1. The molecule has 6 rings (SSSR count). The highest BCUT2D eigenvalue weighted by Gasteiger charge is 2.32. The van der Waals surface area contributed by atoms with Crippen molar-refractivity contribution in [1.82, 2.24) is 29.7 Å². The van der Waals surface area contributed by atoms with E-state index in [2.05, 4.69) is 52.4 Å². The molecule has 2 N–H and O–H groups in total. The second-order valence-electron chi connectivity index (χ2n) is 11.7. The Labute approximate surface area is 216 Å². The number of imidazole rings is 1. The normalized spacial score (nSPS) is 23.1. The Morgan fingerprint density at radius 1 is 1.16 bits per heavy atom. The van der Waals surface area contributed by atoms with E-state index < -0.39 is 5.76 Å². The van der Waals surface area contributed by atoms with Crippen LogP contribution in [0.5, 0.6) is 0 Å². The predicted octanol–water partition coefficient (Wildman–Crippen LogP) is 4.91. The van der Waals surface area contributed by atoms with E-state index in [4.69, 9.17) is 19.5 Å². The highest BCUT2D eigenvalue weighted by atomic mass is 16.5. The summed E-state index contributed by atoms with van der Waals surface area (Å²) >= 11 is 0. The fourth-order valence-electron chi connectivity index (χ4n) is 5.85. The fourth-order valence-corrected chi connectivity index (χ4v) is 5.85. The van der Waals surface area contributed by atoms with E-state index in [1.807, 2.05) is 0 Å². The first-order valence-corrected chi connectivity index (χ1v) is 13.9. The first-order valence-electron chi connectivity index (χ1n) is 13.9. The van der Waals surface area contributed by atoms with Crippen LogP contribution in [-0.2, 0) is 0 Å². The van der Waals surface area contributed by atoms with E-state index in [-0.39, 0.29) is 11.9 Å². The van der Waals surface area contributed by atoms with Gasteiger partial charge in [0, 0.05) is 25.3 Å². The van der Waals surface area contributed by atoms with Crippen LogP contribution in [0.1, 0.15) is 71.6 Å². The fraction of sp³-hybridized carbons (Fsp3) is 0.667. The lowest BCUT2D eigenvalue weighted by atomic mass is 9.80. The molecule has 1 atom stereocenters. The van der Waals surface area contributed by atoms with Gasteiger partial charge >= 0.3 is 5.76 Å². The second kappa shape index (κ2) is 9.61. The van der Waals surface area contributed by atoms with Gasteiger partial charge in [0.2, 0.25) is 17.6 Å². The second-order valence-corrected chi connectivity index (χ2v) is 11.7. The molecule has 10 nitrogen and oxygen atoms in total. The van der Waals surface area contributed by atoms with Crippen LogP contribution in [0.15, 0.2) is 15.9 Å². The average molecular weight is 507 g/mol. The van der Waals surface area contributed by atoms with E-state index in [0.29, 0.717) is 35.0 Å². The quantitative estimate of drug-likeness (QED) is 0.420. The van der Waals surface area contributed by atoms with Crippen LogP contribution in [0.3, 0.4) is 0 Å². The van der Waals surface area contributed by atoms with Gasteiger partial charge in [-0.25, -0.2) is 14.8 Å². The van der Waals surface area contributed by atoms with Gasteiger partial charge in [-0.05, 0) is 69.1 Å². The summed E-state index contributed by atoms with van der Waals surface area (Å²) in [5.74, 6) is 3.88. The maximum atomic E-state index is 11.7. The monoisotopic (exact) mass is 506 g/mol. The molecule has 3 aliphatic rings. The summed E-state index contributed by atoms with van der Waals surface area (Å²) in [6.07, 6.45) is 10.9. The lowest BCUT2D eigenvalue weighted by molar-refractivity contribution is 0.285. The molecule has 198 valence electrons. The van der Waals surface area contributed by atoms with Crippen LogP contribution in [0.25, 0.3) is 28.5 Å². The van der Waals surface area contributed by atoms with Gasteiger partial charge < -0.3 is 10.2 Å². The van der Waals surface area contributed by atoms with E-state index in [1.165, 1.54) is 44.9 Å². The van der Waals surface area contributed by atoms with Crippen molar-refractivity contribution in [2.75, 3.05) is 23.8 Å². The molecule has 0 aliphatic heterocycles. The van der Waals surface area contributed by atoms with Crippen LogP contribution in [0.4, 0.5) is 11.8 Å². The molecular weight excluding hydrogens is 468 g/mol. The predicted molar refractivity (Wildman–Crippen MR) is 144 cm³/mol. The summed E-state index contributed by atoms with van der Waals surface area (Å²) < 4.78 is 6.96. The van der Waals surface area contributed by atoms with Crippen molar-refractivity contribution < 1.29 is 4.52 Å². The van der Waals surface area contributed by atoms with Crippen LogP contribution in [0, 0.1) is 23.7 Å². The first kappa shape index (κ1) is 24.2. The number of aromatic nitrogens is 6. The molecule has 37 heavy (non-hydrogen) atoms. The molecule has 3 aromatic rings. The topological polar surface area (TPSA) is 118 Å². The third kappa shape index (κ3) is 4.78. The van der Waals surface area contributed by atoms with Crippen LogP contribution >= 0.6 is 0 Å². The van der Waals surface area contributed by atoms with Crippen molar-refractivity contribution in [1.29, 1.82) is 0 Å². The number of allylic oxidation sites excluding steroid dienone is 1. The molecule has 3 fully saturated rings. The molecule has 0 spiro atoms. The molecule has 10 heteroatoms. The van der Waals surface area contributed by atoms with Crippen LogP contribution < -0.4 is 16.0 Å². The number of rotatable bonds is 9. The highest BCUT2D eigenvalue weighted by molar-refractivity contribution is 5.91. The van der Waals surface area contributed by atoms with Gasteiger partial charge in [-0.2, -0.15) is 4.98 Å². The van der Waals surface area contributed by atoms with E-state index in [0.717, 1.165) is 42.5 Å². The number of fused-ring (bicyclic) bond motifs is 1. The maximum Gasteiger partial charge on any atom is 0.439 e. The molecule has 3 saturated carbocycles. The lowest BCUT2D eigenvalue weighted by Crippen LogP contribution is -2.31. The van der Waals surface area contributed by atoms with Crippen molar-refractivity contribution in [2.24, 2.45) is 23.7 Å². The number of nitrogens with zero attached hydrogens (tertiary/aromatic N) is 6. The zero-order chi connectivity index (χ0) is 25.7. The highest BCUT2D eigenvalue weighted by Crippen LogP contribution is 2.41. The van der Waals surface area contributed by atoms with Crippen molar-refractivity contribution in [3.8, 4) is 11.6 Å². The van der Waals surface area contributed by atoms with Gasteiger partial charge in [-0.15, -0.1) is 0 Å².